The Bertz CT molecular complexity index is 1380. The lowest BCUT2D eigenvalue weighted by Crippen LogP contribution is -2.18. The van der Waals surface area contributed by atoms with Crippen molar-refractivity contribution in [1.82, 2.24) is 9.71 Å². The number of sulfonamides is 1. The maximum Gasteiger partial charge on any atom is 0.416 e. The van der Waals surface area contributed by atoms with Gasteiger partial charge in [-0.3, -0.25) is 4.98 Å². The second-order valence-electron chi connectivity index (χ2n) is 6.90. The van der Waals surface area contributed by atoms with E-state index in [9.17, 15) is 21.6 Å². The molecule has 0 atom stereocenters. The molecule has 0 fully saturated rings. The van der Waals surface area contributed by atoms with Gasteiger partial charge >= 0.3 is 6.18 Å². The summed E-state index contributed by atoms with van der Waals surface area (Å²) >= 11 is 0. The summed E-state index contributed by atoms with van der Waals surface area (Å²) in [6.45, 7) is 0. The minimum absolute atomic E-state index is 0.0164. The van der Waals surface area contributed by atoms with Crippen LogP contribution in [0.5, 0.6) is 11.5 Å². The Morgan fingerprint density at radius 3 is 2.31 bits per heavy atom. The van der Waals surface area contributed by atoms with Crippen molar-refractivity contribution in [2.45, 2.75) is 11.1 Å². The van der Waals surface area contributed by atoms with Crippen LogP contribution in [0.25, 0.3) is 21.9 Å². The Morgan fingerprint density at radius 2 is 1.62 bits per heavy atom. The summed E-state index contributed by atoms with van der Waals surface area (Å²) in [7, 11) is -2.44. The highest BCUT2D eigenvalue weighted by molar-refractivity contribution is 7.89. The number of nitrogens with one attached hydrogen (secondary N) is 1. The molecule has 0 amide bonds. The second-order valence-corrected chi connectivity index (χ2v) is 8.78. The van der Waals surface area contributed by atoms with Gasteiger partial charge in [0.05, 0.1) is 10.5 Å². The maximum absolute atomic E-state index is 12.9. The molecule has 0 unspecified atom stereocenters. The van der Waals surface area contributed by atoms with Crippen molar-refractivity contribution >= 4 is 20.8 Å². The highest BCUT2D eigenvalue weighted by Gasteiger charge is 2.30. The smallest absolute Gasteiger partial charge is 0.416 e. The number of fused-ring (bicyclic) bond motifs is 1. The van der Waals surface area contributed by atoms with Crippen molar-refractivity contribution in [1.29, 1.82) is 0 Å². The first-order chi connectivity index (χ1) is 15.2. The number of nitrogens with zero attached hydrogens (tertiary/aromatic N) is 1. The van der Waals surface area contributed by atoms with E-state index in [2.05, 4.69) is 9.71 Å². The molecule has 5 nitrogen and oxygen atoms in total. The van der Waals surface area contributed by atoms with E-state index >= 15 is 0 Å². The first-order valence-corrected chi connectivity index (χ1v) is 10.9. The summed E-state index contributed by atoms with van der Waals surface area (Å²) in [6, 6.07) is 16.0. The minimum atomic E-state index is -4.46. The fourth-order valence-corrected chi connectivity index (χ4v) is 4.02. The van der Waals surface area contributed by atoms with Crippen LogP contribution in [0.3, 0.4) is 0 Å². The summed E-state index contributed by atoms with van der Waals surface area (Å²) in [5.74, 6) is 0.453. The van der Waals surface area contributed by atoms with Crippen molar-refractivity contribution < 1.29 is 26.3 Å². The number of ether oxygens (including phenoxy) is 1. The van der Waals surface area contributed by atoms with Crippen molar-refractivity contribution in [3.63, 3.8) is 0 Å². The van der Waals surface area contributed by atoms with Gasteiger partial charge in [-0.2, -0.15) is 13.2 Å². The third-order valence-electron chi connectivity index (χ3n) is 4.90. The molecule has 0 saturated heterocycles. The Kier molecular flexibility index (Phi) is 5.62. The third kappa shape index (κ3) is 4.30. The zero-order valence-electron chi connectivity index (χ0n) is 16.7. The number of pyridine rings is 1. The van der Waals surface area contributed by atoms with E-state index in [1.165, 1.54) is 37.4 Å². The van der Waals surface area contributed by atoms with E-state index in [-0.39, 0.29) is 16.4 Å². The van der Waals surface area contributed by atoms with Crippen molar-refractivity contribution in [3.8, 4) is 22.6 Å². The van der Waals surface area contributed by atoms with Gasteiger partial charge in [0.15, 0.2) is 0 Å². The van der Waals surface area contributed by atoms with Gasteiger partial charge in [-0.25, -0.2) is 13.1 Å². The average Bonchev–Trinajstić information content (AvgIpc) is 2.78. The summed E-state index contributed by atoms with van der Waals surface area (Å²) < 4.78 is 71.5. The summed E-state index contributed by atoms with van der Waals surface area (Å²) in [6.07, 6.45) is -1.18. The monoisotopic (exact) mass is 458 g/mol. The average molecular weight is 458 g/mol. The first kappa shape index (κ1) is 21.8. The molecule has 3 aromatic carbocycles. The molecular formula is C23H17F3N2O3S. The molecule has 9 heteroatoms. The molecule has 0 aliphatic rings. The van der Waals surface area contributed by atoms with Gasteiger partial charge in [0.25, 0.3) is 0 Å². The van der Waals surface area contributed by atoms with Crippen molar-refractivity contribution in [2.75, 3.05) is 7.05 Å². The lowest BCUT2D eigenvalue weighted by atomic mass is 10.0. The van der Waals surface area contributed by atoms with Gasteiger partial charge in [-0.15, -0.1) is 0 Å². The highest BCUT2D eigenvalue weighted by atomic mass is 32.2. The van der Waals surface area contributed by atoms with Crippen molar-refractivity contribution in [3.05, 3.63) is 84.7 Å². The fraction of sp³-hybridized carbons (Fsp3) is 0.0870. The van der Waals surface area contributed by atoms with Crippen LogP contribution in [0, 0.1) is 0 Å². The molecule has 1 aromatic heterocycles. The van der Waals surface area contributed by atoms with Crippen LogP contribution >= 0.6 is 0 Å². The molecule has 0 saturated carbocycles. The molecule has 1 heterocycles. The number of hydrogen-bond donors (Lipinski definition) is 1. The molecule has 4 rings (SSSR count). The van der Waals surface area contributed by atoms with Crippen LogP contribution in [0.1, 0.15) is 5.56 Å². The molecule has 164 valence electrons. The van der Waals surface area contributed by atoms with Crippen molar-refractivity contribution in [2.24, 2.45) is 0 Å². The number of halogens is 3. The molecule has 0 radical (unpaired) electrons. The van der Waals surface area contributed by atoms with Crippen LogP contribution in [0.4, 0.5) is 13.2 Å². The molecule has 32 heavy (non-hydrogen) atoms. The molecule has 4 aromatic rings. The van der Waals surface area contributed by atoms with Crippen LogP contribution in [0.15, 0.2) is 84.0 Å². The Labute approximate surface area is 182 Å². The van der Waals surface area contributed by atoms with E-state index in [1.807, 2.05) is 24.3 Å². The Morgan fingerprint density at radius 1 is 0.906 bits per heavy atom. The molecule has 0 aliphatic heterocycles. The topological polar surface area (TPSA) is 68.3 Å². The van der Waals surface area contributed by atoms with Crippen LogP contribution < -0.4 is 9.46 Å². The predicted octanol–water partition coefficient (Wildman–Crippen LogP) is 5.62. The molecule has 0 spiro atoms. The highest BCUT2D eigenvalue weighted by Crippen LogP contribution is 2.39. The quantitative estimate of drug-likeness (QED) is 0.421. The van der Waals surface area contributed by atoms with Gasteiger partial charge in [0, 0.05) is 28.9 Å². The molecule has 0 bridgehead atoms. The standard InChI is InChI=1S/C23H17F3N2O3S/c1-27-32(29,30)18-10-11-22(31-17-8-6-16(7-9-17)23(24,25)26)20(12-18)21-14-28-13-15-4-2-3-5-19(15)21/h2-14,27H,1H3. The van der Waals surface area contributed by atoms with E-state index in [4.69, 9.17) is 4.74 Å². The molecule has 0 aliphatic carbocycles. The number of alkyl halides is 3. The first-order valence-electron chi connectivity index (χ1n) is 9.45. The molecular weight excluding hydrogens is 441 g/mol. The fourth-order valence-electron chi connectivity index (χ4n) is 3.26. The van der Waals surface area contributed by atoms with Gasteiger partial charge in [-0.1, -0.05) is 24.3 Å². The normalized spacial score (nSPS) is 12.1. The number of benzene rings is 3. The summed E-state index contributed by atoms with van der Waals surface area (Å²) in [4.78, 5) is 4.26. The lowest BCUT2D eigenvalue weighted by molar-refractivity contribution is -0.137. The third-order valence-corrected chi connectivity index (χ3v) is 6.31. The van der Waals surface area contributed by atoms with Crippen LogP contribution in [-0.4, -0.2) is 20.4 Å². The van der Waals surface area contributed by atoms with E-state index in [1.54, 1.807) is 12.4 Å². The number of rotatable bonds is 5. The largest absolute Gasteiger partial charge is 0.457 e. The van der Waals surface area contributed by atoms with Gasteiger partial charge < -0.3 is 4.74 Å². The number of hydrogen-bond acceptors (Lipinski definition) is 4. The minimum Gasteiger partial charge on any atom is -0.457 e. The Hall–Kier alpha value is -3.43. The lowest BCUT2D eigenvalue weighted by Gasteiger charge is -2.15. The van der Waals surface area contributed by atoms with Gasteiger partial charge in [-0.05, 0) is 54.9 Å². The van der Waals surface area contributed by atoms with Gasteiger partial charge in [0.1, 0.15) is 11.5 Å². The summed E-state index contributed by atoms with van der Waals surface area (Å²) in [5, 5.41) is 1.66. The second kappa shape index (κ2) is 8.25. The number of aromatic nitrogens is 1. The van der Waals surface area contributed by atoms with E-state index in [0.29, 0.717) is 11.1 Å². The maximum atomic E-state index is 12.9. The Balaban J connectivity index is 1.86. The van der Waals surface area contributed by atoms with E-state index in [0.717, 1.165) is 22.9 Å². The van der Waals surface area contributed by atoms with Gasteiger partial charge in [0.2, 0.25) is 10.0 Å². The molecule has 1 N–H and O–H groups in total. The summed E-state index contributed by atoms with van der Waals surface area (Å²) in [5.41, 5.74) is 0.266. The van der Waals surface area contributed by atoms with E-state index < -0.39 is 21.8 Å². The zero-order chi connectivity index (χ0) is 22.9. The van der Waals surface area contributed by atoms with Crippen LogP contribution in [0.2, 0.25) is 0 Å². The predicted molar refractivity (Wildman–Crippen MR) is 115 cm³/mol. The SMILES string of the molecule is CNS(=O)(=O)c1ccc(Oc2ccc(C(F)(F)F)cc2)c(-c2cncc3ccccc23)c1. The van der Waals surface area contributed by atoms with Crippen LogP contribution in [-0.2, 0) is 16.2 Å². The zero-order valence-corrected chi connectivity index (χ0v) is 17.5.